The second-order valence-electron chi connectivity index (χ2n) is 3.71. The number of methoxy groups -OCH3 is 1. The Hall–Kier alpha value is -1.59. The maximum atomic E-state index is 8.54. The molecule has 5 nitrogen and oxygen atoms in total. The summed E-state index contributed by atoms with van der Waals surface area (Å²) in [5.74, 6) is 1.43. The standard InChI is InChI=1S/C14H21NO4/c1-3-19-13-5-4-12(10-14(13)17-2)11-15-6-8-18-9-7-16/h4-5,10-11,16H,3,6-9H2,1-2H3. The minimum absolute atomic E-state index is 0.0415. The van der Waals surface area contributed by atoms with Gasteiger partial charge in [-0.1, -0.05) is 0 Å². The fraction of sp³-hybridized carbons (Fsp3) is 0.500. The molecule has 1 rings (SSSR count). The first kappa shape index (κ1) is 15.5. The van der Waals surface area contributed by atoms with Crippen LogP contribution in [-0.4, -0.2) is 51.4 Å². The molecule has 0 heterocycles. The van der Waals surface area contributed by atoms with E-state index in [1.807, 2.05) is 25.1 Å². The summed E-state index contributed by atoms with van der Waals surface area (Å²) in [4.78, 5) is 4.24. The monoisotopic (exact) mass is 267 g/mol. The lowest BCUT2D eigenvalue weighted by Crippen LogP contribution is -2.03. The van der Waals surface area contributed by atoms with Crippen molar-refractivity contribution in [1.29, 1.82) is 0 Å². The Morgan fingerprint density at radius 1 is 1.26 bits per heavy atom. The van der Waals surface area contributed by atoms with Gasteiger partial charge >= 0.3 is 0 Å². The number of hydrogen-bond acceptors (Lipinski definition) is 5. The smallest absolute Gasteiger partial charge is 0.161 e. The predicted molar refractivity (Wildman–Crippen MR) is 74.5 cm³/mol. The topological polar surface area (TPSA) is 60.3 Å². The summed E-state index contributed by atoms with van der Waals surface area (Å²) >= 11 is 0. The van der Waals surface area contributed by atoms with Crippen LogP contribution in [0.3, 0.4) is 0 Å². The van der Waals surface area contributed by atoms with Gasteiger partial charge in [-0.05, 0) is 30.7 Å². The minimum atomic E-state index is 0.0415. The minimum Gasteiger partial charge on any atom is -0.493 e. The quantitative estimate of drug-likeness (QED) is 0.544. The highest BCUT2D eigenvalue weighted by molar-refractivity contribution is 5.80. The van der Waals surface area contributed by atoms with Crippen molar-refractivity contribution in [2.75, 3.05) is 40.1 Å². The van der Waals surface area contributed by atoms with Crippen molar-refractivity contribution in [1.82, 2.24) is 0 Å². The highest BCUT2D eigenvalue weighted by atomic mass is 16.5. The molecule has 106 valence electrons. The normalized spacial score (nSPS) is 10.9. The Morgan fingerprint density at radius 3 is 2.79 bits per heavy atom. The van der Waals surface area contributed by atoms with E-state index in [4.69, 9.17) is 19.3 Å². The van der Waals surface area contributed by atoms with Gasteiger partial charge in [-0.2, -0.15) is 0 Å². The van der Waals surface area contributed by atoms with Crippen molar-refractivity contribution in [2.24, 2.45) is 4.99 Å². The van der Waals surface area contributed by atoms with E-state index in [1.165, 1.54) is 0 Å². The molecular weight excluding hydrogens is 246 g/mol. The molecule has 0 spiro atoms. The first-order valence-electron chi connectivity index (χ1n) is 6.31. The molecule has 0 bridgehead atoms. The zero-order valence-corrected chi connectivity index (χ0v) is 11.5. The number of ether oxygens (including phenoxy) is 3. The van der Waals surface area contributed by atoms with Gasteiger partial charge in [0.2, 0.25) is 0 Å². The molecule has 0 unspecified atom stereocenters. The van der Waals surface area contributed by atoms with Gasteiger partial charge in [-0.25, -0.2) is 0 Å². The van der Waals surface area contributed by atoms with E-state index in [0.717, 1.165) is 11.3 Å². The molecule has 19 heavy (non-hydrogen) atoms. The van der Waals surface area contributed by atoms with Crippen LogP contribution < -0.4 is 9.47 Å². The van der Waals surface area contributed by atoms with Crippen LogP contribution in [0.2, 0.25) is 0 Å². The van der Waals surface area contributed by atoms with E-state index in [2.05, 4.69) is 4.99 Å². The molecule has 0 aliphatic carbocycles. The molecule has 0 aromatic heterocycles. The van der Waals surface area contributed by atoms with Crippen LogP contribution in [0, 0.1) is 0 Å². The van der Waals surface area contributed by atoms with Crippen molar-refractivity contribution in [3.63, 3.8) is 0 Å². The maximum Gasteiger partial charge on any atom is 0.161 e. The van der Waals surface area contributed by atoms with Crippen LogP contribution >= 0.6 is 0 Å². The Balaban J connectivity index is 2.51. The lowest BCUT2D eigenvalue weighted by atomic mass is 10.2. The first-order chi connectivity index (χ1) is 9.31. The molecule has 5 heteroatoms. The number of benzene rings is 1. The summed E-state index contributed by atoms with van der Waals surface area (Å²) < 4.78 is 15.8. The lowest BCUT2D eigenvalue weighted by Gasteiger charge is -2.09. The zero-order chi connectivity index (χ0) is 13.9. The Kier molecular flexibility index (Phi) is 7.62. The van der Waals surface area contributed by atoms with Crippen molar-refractivity contribution >= 4 is 6.21 Å². The third kappa shape index (κ3) is 5.72. The Morgan fingerprint density at radius 2 is 2.11 bits per heavy atom. The number of nitrogens with zero attached hydrogens (tertiary/aromatic N) is 1. The van der Waals surface area contributed by atoms with Gasteiger partial charge in [0.15, 0.2) is 11.5 Å². The molecule has 1 aromatic carbocycles. The molecule has 0 fully saturated rings. The second kappa shape index (κ2) is 9.35. The summed E-state index contributed by atoms with van der Waals surface area (Å²) in [6, 6.07) is 5.67. The molecule has 0 aliphatic rings. The average Bonchev–Trinajstić information content (AvgIpc) is 2.44. The molecule has 1 N–H and O–H groups in total. The number of hydrogen-bond donors (Lipinski definition) is 1. The molecule has 0 amide bonds. The predicted octanol–water partition coefficient (Wildman–Crippen LogP) is 1.52. The lowest BCUT2D eigenvalue weighted by molar-refractivity contribution is 0.0978. The van der Waals surface area contributed by atoms with E-state index in [9.17, 15) is 0 Å². The summed E-state index contributed by atoms with van der Waals surface area (Å²) in [5, 5.41) is 8.54. The summed E-state index contributed by atoms with van der Waals surface area (Å²) in [6.45, 7) is 4.00. The van der Waals surface area contributed by atoms with Crippen molar-refractivity contribution in [3.05, 3.63) is 23.8 Å². The van der Waals surface area contributed by atoms with Crippen LogP contribution in [-0.2, 0) is 4.74 Å². The van der Waals surface area contributed by atoms with Crippen LogP contribution in [0.5, 0.6) is 11.5 Å². The molecule has 0 radical (unpaired) electrons. The van der Waals surface area contributed by atoms with Gasteiger partial charge in [0.25, 0.3) is 0 Å². The van der Waals surface area contributed by atoms with Crippen molar-refractivity contribution in [3.8, 4) is 11.5 Å². The zero-order valence-electron chi connectivity index (χ0n) is 11.5. The fourth-order valence-corrected chi connectivity index (χ4v) is 1.49. The number of aliphatic imine (C=N–C) groups is 1. The maximum absolute atomic E-state index is 8.54. The molecule has 1 aromatic rings. The van der Waals surface area contributed by atoms with Crippen molar-refractivity contribution < 1.29 is 19.3 Å². The van der Waals surface area contributed by atoms with E-state index in [0.29, 0.717) is 32.1 Å². The average molecular weight is 267 g/mol. The van der Waals surface area contributed by atoms with Gasteiger partial charge < -0.3 is 19.3 Å². The summed E-state index contributed by atoms with van der Waals surface area (Å²) in [5.41, 5.74) is 0.947. The Bertz CT molecular complexity index is 393. The van der Waals surface area contributed by atoms with Crippen LogP contribution in [0.15, 0.2) is 23.2 Å². The van der Waals surface area contributed by atoms with Crippen LogP contribution in [0.1, 0.15) is 12.5 Å². The first-order valence-corrected chi connectivity index (χ1v) is 6.31. The largest absolute Gasteiger partial charge is 0.493 e. The van der Waals surface area contributed by atoms with Crippen LogP contribution in [0.25, 0.3) is 0 Å². The molecule has 0 saturated carbocycles. The molecule has 0 aliphatic heterocycles. The third-order valence-electron chi connectivity index (χ3n) is 2.33. The van der Waals surface area contributed by atoms with Gasteiger partial charge in [0.05, 0.1) is 40.1 Å². The van der Waals surface area contributed by atoms with Gasteiger partial charge in [0, 0.05) is 6.21 Å². The second-order valence-corrected chi connectivity index (χ2v) is 3.71. The highest BCUT2D eigenvalue weighted by Gasteiger charge is 2.03. The van der Waals surface area contributed by atoms with Crippen LogP contribution in [0.4, 0.5) is 0 Å². The van der Waals surface area contributed by atoms with Gasteiger partial charge in [-0.15, -0.1) is 0 Å². The molecule has 0 saturated heterocycles. The van der Waals surface area contributed by atoms with Crippen molar-refractivity contribution in [2.45, 2.75) is 6.92 Å². The van der Waals surface area contributed by atoms with Gasteiger partial charge in [0.1, 0.15) is 0 Å². The van der Waals surface area contributed by atoms with E-state index >= 15 is 0 Å². The fourth-order valence-electron chi connectivity index (χ4n) is 1.49. The SMILES string of the molecule is CCOc1ccc(C=NCCOCCO)cc1OC. The van der Waals surface area contributed by atoms with E-state index in [1.54, 1.807) is 13.3 Å². The number of aliphatic hydroxyl groups excluding tert-OH is 1. The molecule has 0 atom stereocenters. The summed E-state index contributed by atoms with van der Waals surface area (Å²) in [6.07, 6.45) is 1.76. The number of aliphatic hydroxyl groups is 1. The Labute approximate surface area is 113 Å². The van der Waals surface area contributed by atoms with E-state index < -0.39 is 0 Å². The molecular formula is C14H21NO4. The highest BCUT2D eigenvalue weighted by Crippen LogP contribution is 2.27. The van der Waals surface area contributed by atoms with E-state index in [-0.39, 0.29) is 6.61 Å². The third-order valence-corrected chi connectivity index (χ3v) is 2.33. The number of rotatable bonds is 9. The summed E-state index contributed by atoms with van der Waals surface area (Å²) in [7, 11) is 1.61. The van der Waals surface area contributed by atoms with Gasteiger partial charge in [-0.3, -0.25) is 4.99 Å².